The van der Waals surface area contributed by atoms with E-state index in [4.69, 9.17) is 4.74 Å². The van der Waals surface area contributed by atoms with E-state index < -0.39 is 28.6 Å². The van der Waals surface area contributed by atoms with Crippen LogP contribution in [0.3, 0.4) is 0 Å². The van der Waals surface area contributed by atoms with Crippen molar-refractivity contribution in [3.8, 4) is 12.1 Å². The van der Waals surface area contributed by atoms with Gasteiger partial charge in [-0.25, -0.2) is 9.69 Å². The maximum Gasteiger partial charge on any atom is 0.334 e. The van der Waals surface area contributed by atoms with E-state index in [9.17, 15) is 24.9 Å². The molecule has 2 aromatic rings. The number of hydrogen-bond acceptors (Lipinski definition) is 6. The molecule has 1 aliphatic carbocycles. The lowest BCUT2D eigenvalue weighted by molar-refractivity contribution is -0.138. The molecule has 1 aliphatic heterocycles. The minimum atomic E-state index is -2.03. The van der Waals surface area contributed by atoms with E-state index in [-0.39, 0.29) is 30.6 Å². The van der Waals surface area contributed by atoms with Crippen LogP contribution in [0.15, 0.2) is 66.2 Å². The van der Waals surface area contributed by atoms with Crippen molar-refractivity contribution in [2.45, 2.75) is 19.8 Å². The Morgan fingerprint density at radius 1 is 1.00 bits per heavy atom. The quantitative estimate of drug-likeness (QED) is 0.548. The fourth-order valence-corrected chi connectivity index (χ4v) is 4.74. The van der Waals surface area contributed by atoms with Gasteiger partial charge in [-0.1, -0.05) is 48.5 Å². The van der Waals surface area contributed by atoms with Crippen LogP contribution < -0.4 is 4.90 Å². The van der Waals surface area contributed by atoms with E-state index in [1.165, 1.54) is 0 Å². The van der Waals surface area contributed by atoms with Crippen molar-refractivity contribution in [3.63, 3.8) is 0 Å². The summed E-state index contributed by atoms with van der Waals surface area (Å²) in [6, 6.07) is 21.0. The summed E-state index contributed by atoms with van der Waals surface area (Å²) in [5, 5.41) is 20.6. The third-order valence-corrected chi connectivity index (χ3v) is 6.12. The SMILES string of the molecule is CCOC(=O)C1=C(c2ccccc2)C(C#N)(C#N)C2(CC(=O)N(c3ccccc3)C2=O)C1. The number of carbonyl (C=O) groups is 3. The number of hydrogen-bond donors (Lipinski definition) is 0. The normalized spacial score (nSPS) is 21.5. The topological polar surface area (TPSA) is 111 Å². The van der Waals surface area contributed by atoms with Crippen molar-refractivity contribution < 1.29 is 19.1 Å². The number of para-hydroxylation sites is 1. The van der Waals surface area contributed by atoms with Gasteiger partial charge in [0.05, 0.1) is 29.8 Å². The number of rotatable bonds is 4. The van der Waals surface area contributed by atoms with E-state index in [2.05, 4.69) is 0 Å². The summed E-state index contributed by atoms with van der Waals surface area (Å²) in [6.07, 6.45) is -0.591. The van der Waals surface area contributed by atoms with Crippen LogP contribution in [0.1, 0.15) is 25.3 Å². The lowest BCUT2D eigenvalue weighted by Gasteiger charge is -2.32. The fourth-order valence-electron chi connectivity index (χ4n) is 4.74. The Bertz CT molecular complexity index is 1210. The highest BCUT2D eigenvalue weighted by Crippen LogP contribution is 2.63. The Labute approximate surface area is 185 Å². The zero-order valence-corrected chi connectivity index (χ0v) is 17.4. The summed E-state index contributed by atoms with van der Waals surface area (Å²) in [4.78, 5) is 40.8. The largest absolute Gasteiger partial charge is 0.463 e. The zero-order valence-electron chi connectivity index (χ0n) is 17.4. The van der Waals surface area contributed by atoms with Crippen LogP contribution in [-0.2, 0) is 19.1 Å². The van der Waals surface area contributed by atoms with Gasteiger partial charge in [-0.05, 0) is 31.0 Å². The molecule has 2 aliphatic rings. The molecule has 158 valence electrons. The van der Waals surface area contributed by atoms with Gasteiger partial charge in [0.25, 0.3) is 0 Å². The highest BCUT2D eigenvalue weighted by molar-refractivity contribution is 6.25. The smallest absolute Gasteiger partial charge is 0.334 e. The summed E-state index contributed by atoms with van der Waals surface area (Å²) < 4.78 is 5.21. The molecule has 1 spiro atoms. The summed E-state index contributed by atoms with van der Waals surface area (Å²) in [7, 11) is 0. The molecule has 1 saturated heterocycles. The Morgan fingerprint density at radius 2 is 1.59 bits per heavy atom. The van der Waals surface area contributed by atoms with Crippen molar-refractivity contribution in [1.82, 2.24) is 0 Å². The molecule has 32 heavy (non-hydrogen) atoms. The van der Waals surface area contributed by atoms with Gasteiger partial charge >= 0.3 is 5.97 Å². The Hall–Kier alpha value is -4.23. The average molecular weight is 425 g/mol. The Balaban J connectivity index is 1.95. The van der Waals surface area contributed by atoms with Gasteiger partial charge in [0.15, 0.2) is 5.41 Å². The minimum absolute atomic E-state index is 0.0808. The number of allylic oxidation sites excluding steroid dienone is 1. The summed E-state index contributed by atoms with van der Waals surface area (Å²) in [6.45, 7) is 1.74. The third-order valence-electron chi connectivity index (χ3n) is 6.12. The molecule has 7 heteroatoms. The number of nitriles is 2. The minimum Gasteiger partial charge on any atom is -0.463 e. The van der Waals surface area contributed by atoms with Crippen LogP contribution in [0.5, 0.6) is 0 Å². The molecular formula is C25H19N3O4. The standard InChI is InChI=1S/C25H19N3O4/c1-2-32-22(30)19-13-24(14-20(29)28(23(24)31)18-11-7-4-8-12-18)25(15-26,16-27)21(19)17-9-5-3-6-10-17/h3-12H,2,13-14H2,1H3. The van der Waals surface area contributed by atoms with E-state index in [1.54, 1.807) is 67.6 Å². The number of amides is 2. The molecule has 0 bridgehead atoms. The molecule has 4 rings (SSSR count). The van der Waals surface area contributed by atoms with Gasteiger partial charge in [-0.15, -0.1) is 0 Å². The van der Waals surface area contributed by atoms with Crippen LogP contribution in [0.2, 0.25) is 0 Å². The maximum atomic E-state index is 13.8. The molecule has 1 unspecified atom stereocenters. The first-order chi connectivity index (χ1) is 15.5. The third kappa shape index (κ3) is 2.75. The van der Waals surface area contributed by atoms with Gasteiger partial charge in [0.1, 0.15) is 0 Å². The lowest BCUT2D eigenvalue weighted by atomic mass is 9.62. The second-order valence-electron chi connectivity index (χ2n) is 7.72. The summed E-state index contributed by atoms with van der Waals surface area (Å²) in [5.74, 6) is -1.88. The molecular weight excluding hydrogens is 406 g/mol. The predicted octanol–water partition coefficient (Wildman–Crippen LogP) is 3.39. The fraction of sp³-hybridized carbons (Fsp3) is 0.240. The number of anilines is 1. The van der Waals surface area contributed by atoms with Gasteiger partial charge in [0.2, 0.25) is 11.8 Å². The highest BCUT2D eigenvalue weighted by atomic mass is 16.5. The molecule has 1 heterocycles. The van der Waals surface area contributed by atoms with E-state index in [1.807, 2.05) is 12.1 Å². The first-order valence-corrected chi connectivity index (χ1v) is 10.2. The number of nitrogens with zero attached hydrogens (tertiary/aromatic N) is 3. The molecule has 0 N–H and O–H groups in total. The monoisotopic (exact) mass is 425 g/mol. The van der Waals surface area contributed by atoms with Gasteiger partial charge in [0, 0.05) is 17.6 Å². The van der Waals surface area contributed by atoms with Crippen LogP contribution in [-0.4, -0.2) is 24.4 Å². The van der Waals surface area contributed by atoms with Gasteiger partial charge < -0.3 is 4.74 Å². The first kappa shape index (κ1) is 21.0. The van der Waals surface area contributed by atoms with Crippen molar-refractivity contribution in [2.24, 2.45) is 10.8 Å². The number of carbonyl (C=O) groups excluding carboxylic acids is 3. The molecule has 2 aromatic carbocycles. The number of benzene rings is 2. The molecule has 2 amide bonds. The molecule has 0 saturated carbocycles. The van der Waals surface area contributed by atoms with Crippen LogP contribution in [0.4, 0.5) is 5.69 Å². The van der Waals surface area contributed by atoms with Crippen LogP contribution >= 0.6 is 0 Å². The Kier molecular flexibility index (Phi) is 5.12. The van der Waals surface area contributed by atoms with E-state index in [0.717, 1.165) is 4.90 Å². The molecule has 1 fully saturated rings. The van der Waals surface area contributed by atoms with Crippen molar-refractivity contribution >= 4 is 29.0 Å². The molecule has 7 nitrogen and oxygen atoms in total. The second kappa shape index (κ2) is 7.79. The summed E-state index contributed by atoms with van der Waals surface area (Å²) in [5.41, 5.74) is -2.72. The highest BCUT2D eigenvalue weighted by Gasteiger charge is 2.71. The van der Waals surface area contributed by atoms with Gasteiger partial charge in [-0.2, -0.15) is 10.5 Å². The molecule has 0 aromatic heterocycles. The van der Waals surface area contributed by atoms with Crippen molar-refractivity contribution in [1.29, 1.82) is 10.5 Å². The van der Waals surface area contributed by atoms with Gasteiger partial charge in [-0.3, -0.25) is 9.59 Å². The van der Waals surface area contributed by atoms with Crippen molar-refractivity contribution in [2.75, 3.05) is 11.5 Å². The molecule has 0 radical (unpaired) electrons. The van der Waals surface area contributed by atoms with E-state index >= 15 is 0 Å². The Morgan fingerprint density at radius 3 is 2.16 bits per heavy atom. The van der Waals surface area contributed by atoms with Crippen molar-refractivity contribution in [3.05, 3.63) is 71.8 Å². The number of esters is 1. The number of imide groups is 1. The van der Waals surface area contributed by atoms with Crippen LogP contribution in [0, 0.1) is 33.5 Å². The first-order valence-electron chi connectivity index (χ1n) is 10.2. The predicted molar refractivity (Wildman–Crippen MR) is 114 cm³/mol. The second-order valence-corrected chi connectivity index (χ2v) is 7.72. The van der Waals surface area contributed by atoms with Crippen LogP contribution in [0.25, 0.3) is 5.57 Å². The molecule has 1 atom stereocenters. The average Bonchev–Trinajstić information content (AvgIpc) is 3.25. The zero-order chi connectivity index (χ0) is 22.9. The summed E-state index contributed by atoms with van der Waals surface area (Å²) >= 11 is 0. The maximum absolute atomic E-state index is 13.8. The number of ether oxygens (including phenoxy) is 1. The lowest BCUT2D eigenvalue weighted by Crippen LogP contribution is -2.44. The van der Waals surface area contributed by atoms with E-state index in [0.29, 0.717) is 11.3 Å².